The third-order valence-corrected chi connectivity index (χ3v) is 5.11. The van der Waals surface area contributed by atoms with Gasteiger partial charge in [-0.3, -0.25) is 9.52 Å². The van der Waals surface area contributed by atoms with Crippen LogP contribution in [0.2, 0.25) is 5.02 Å². The number of nitrogens with zero attached hydrogens (tertiary/aromatic N) is 1. The Bertz CT molecular complexity index is 742. The van der Waals surface area contributed by atoms with Gasteiger partial charge in [-0.2, -0.15) is 0 Å². The highest BCUT2D eigenvalue weighted by molar-refractivity contribution is 7.93. The van der Waals surface area contributed by atoms with E-state index in [1.54, 1.807) is 12.1 Å². The van der Waals surface area contributed by atoms with Crippen molar-refractivity contribution in [2.45, 2.75) is 11.3 Å². The minimum Gasteiger partial charge on any atom is -0.481 e. The van der Waals surface area contributed by atoms with Gasteiger partial charge in [0.2, 0.25) is 0 Å². The summed E-state index contributed by atoms with van der Waals surface area (Å²) >= 11 is 6.80. The minimum atomic E-state index is -3.84. The summed E-state index contributed by atoms with van der Waals surface area (Å²) in [4.78, 5) is 14.8. The van der Waals surface area contributed by atoms with Crippen LogP contribution in [0.25, 0.3) is 0 Å². The topological polar surface area (TPSA) is 96.4 Å². The number of hydrogen-bond donors (Lipinski definition) is 2. The van der Waals surface area contributed by atoms with Crippen molar-refractivity contribution in [2.75, 3.05) is 4.72 Å². The maximum Gasteiger partial charge on any atom is 0.308 e. The number of hydrogen-bond acceptors (Lipinski definition) is 5. The molecule has 1 heterocycles. The Labute approximate surface area is 124 Å². The molecular weight excluding hydrogens is 324 g/mol. The first-order chi connectivity index (χ1) is 9.38. The number of carboxylic acids is 1. The van der Waals surface area contributed by atoms with Crippen LogP contribution in [0.4, 0.5) is 5.13 Å². The van der Waals surface area contributed by atoms with E-state index in [-0.39, 0.29) is 21.5 Å². The monoisotopic (exact) mass is 332 g/mol. The summed E-state index contributed by atoms with van der Waals surface area (Å²) < 4.78 is 26.5. The number of anilines is 1. The lowest BCUT2D eigenvalue weighted by atomic mass is 10.4. The first kappa shape index (κ1) is 14.8. The molecule has 106 valence electrons. The number of rotatable bonds is 5. The van der Waals surface area contributed by atoms with Crippen LogP contribution < -0.4 is 4.72 Å². The molecule has 0 amide bonds. The second-order valence-electron chi connectivity index (χ2n) is 3.74. The molecule has 2 aromatic rings. The number of carboxylic acid groups (broad SMARTS) is 1. The summed E-state index contributed by atoms with van der Waals surface area (Å²) in [5, 5.41) is 8.84. The van der Waals surface area contributed by atoms with Crippen LogP contribution in [0.5, 0.6) is 0 Å². The van der Waals surface area contributed by atoms with Crippen molar-refractivity contribution in [2.24, 2.45) is 0 Å². The highest BCUT2D eigenvalue weighted by atomic mass is 35.5. The third kappa shape index (κ3) is 3.47. The Morgan fingerprint density at radius 2 is 2.10 bits per heavy atom. The van der Waals surface area contributed by atoms with Crippen LogP contribution in [-0.4, -0.2) is 24.5 Å². The van der Waals surface area contributed by atoms with Crippen LogP contribution in [0.15, 0.2) is 35.4 Å². The fraction of sp³-hybridized carbons (Fsp3) is 0.0909. The van der Waals surface area contributed by atoms with Crippen molar-refractivity contribution in [3.63, 3.8) is 0 Å². The van der Waals surface area contributed by atoms with Crippen LogP contribution in [0, 0.1) is 0 Å². The Morgan fingerprint density at radius 1 is 1.40 bits per heavy atom. The van der Waals surface area contributed by atoms with Gasteiger partial charge >= 0.3 is 5.97 Å². The number of carbonyl (C=O) groups is 1. The van der Waals surface area contributed by atoms with E-state index in [1.165, 1.54) is 18.3 Å². The molecule has 20 heavy (non-hydrogen) atoms. The molecular formula is C11H9ClN2O4S2. The highest BCUT2D eigenvalue weighted by Crippen LogP contribution is 2.25. The van der Waals surface area contributed by atoms with Gasteiger partial charge in [0.05, 0.1) is 11.4 Å². The zero-order valence-corrected chi connectivity index (χ0v) is 12.3. The Hall–Kier alpha value is -1.64. The average molecular weight is 333 g/mol. The maximum absolute atomic E-state index is 12.1. The number of aliphatic carboxylic acids is 1. The van der Waals surface area contributed by atoms with Crippen LogP contribution in [-0.2, 0) is 21.2 Å². The zero-order chi connectivity index (χ0) is 14.8. The molecule has 0 unspecified atom stereocenters. The van der Waals surface area contributed by atoms with Crippen LogP contribution in [0.1, 0.15) is 4.88 Å². The SMILES string of the molecule is O=C(O)Cc1cnc(NS(=O)(=O)c2ccccc2Cl)s1. The Morgan fingerprint density at radius 3 is 2.75 bits per heavy atom. The molecule has 0 aliphatic heterocycles. The van der Waals surface area contributed by atoms with E-state index < -0.39 is 16.0 Å². The number of thiazole rings is 1. The number of nitrogens with one attached hydrogen (secondary N) is 1. The lowest BCUT2D eigenvalue weighted by Gasteiger charge is -2.06. The van der Waals surface area contributed by atoms with E-state index in [4.69, 9.17) is 16.7 Å². The quantitative estimate of drug-likeness (QED) is 0.875. The molecule has 6 nitrogen and oxygen atoms in total. The van der Waals surface area contributed by atoms with E-state index in [1.807, 2.05) is 0 Å². The van der Waals surface area contributed by atoms with Gasteiger partial charge in [0.1, 0.15) is 4.90 Å². The zero-order valence-electron chi connectivity index (χ0n) is 9.91. The minimum absolute atomic E-state index is 0.0587. The summed E-state index contributed by atoms with van der Waals surface area (Å²) in [6.07, 6.45) is 1.12. The standard InChI is InChI=1S/C11H9ClN2O4S2/c12-8-3-1-2-4-9(8)20(17,18)14-11-13-6-7(19-11)5-10(15)16/h1-4,6H,5H2,(H,13,14)(H,15,16). The van der Waals surface area contributed by atoms with Crippen molar-refractivity contribution in [3.05, 3.63) is 40.4 Å². The Balaban J connectivity index is 2.23. The molecule has 2 rings (SSSR count). The summed E-state index contributed by atoms with van der Waals surface area (Å²) in [7, 11) is -3.84. The molecule has 0 aliphatic carbocycles. The van der Waals surface area contributed by atoms with Crippen molar-refractivity contribution in [1.29, 1.82) is 0 Å². The van der Waals surface area contributed by atoms with Gasteiger partial charge in [0.25, 0.3) is 10.0 Å². The number of sulfonamides is 1. The fourth-order valence-electron chi connectivity index (χ4n) is 1.42. The molecule has 0 aliphatic rings. The molecule has 2 N–H and O–H groups in total. The van der Waals surface area contributed by atoms with E-state index in [9.17, 15) is 13.2 Å². The molecule has 0 bridgehead atoms. The summed E-state index contributed by atoms with van der Waals surface area (Å²) in [5.41, 5.74) is 0. The van der Waals surface area contributed by atoms with Gasteiger partial charge in [-0.25, -0.2) is 13.4 Å². The van der Waals surface area contributed by atoms with Gasteiger partial charge in [0.15, 0.2) is 5.13 Å². The Kier molecular flexibility index (Phi) is 4.26. The molecule has 0 atom stereocenters. The maximum atomic E-state index is 12.1. The summed E-state index contributed by atoms with van der Waals surface area (Å²) in [6.45, 7) is 0. The lowest BCUT2D eigenvalue weighted by molar-refractivity contribution is -0.136. The van der Waals surface area contributed by atoms with Crippen molar-refractivity contribution in [3.8, 4) is 0 Å². The van der Waals surface area contributed by atoms with E-state index in [2.05, 4.69) is 9.71 Å². The van der Waals surface area contributed by atoms with Gasteiger partial charge in [0, 0.05) is 11.1 Å². The number of halogens is 1. The number of benzene rings is 1. The van der Waals surface area contributed by atoms with E-state index in [0.717, 1.165) is 11.3 Å². The largest absolute Gasteiger partial charge is 0.481 e. The van der Waals surface area contributed by atoms with Crippen molar-refractivity contribution < 1.29 is 18.3 Å². The first-order valence-corrected chi connectivity index (χ1v) is 8.00. The molecule has 0 fully saturated rings. The van der Waals surface area contributed by atoms with Gasteiger partial charge < -0.3 is 5.11 Å². The molecule has 0 saturated carbocycles. The number of aromatic nitrogens is 1. The van der Waals surface area contributed by atoms with Gasteiger partial charge in [-0.15, -0.1) is 11.3 Å². The first-order valence-electron chi connectivity index (χ1n) is 5.32. The normalized spacial score (nSPS) is 11.2. The fourth-order valence-corrected chi connectivity index (χ4v) is 3.98. The van der Waals surface area contributed by atoms with E-state index >= 15 is 0 Å². The highest BCUT2D eigenvalue weighted by Gasteiger charge is 2.19. The predicted octanol–water partition coefficient (Wildman–Crippen LogP) is 2.22. The van der Waals surface area contributed by atoms with Crippen molar-refractivity contribution >= 4 is 44.1 Å². The second-order valence-corrected chi connectivity index (χ2v) is 6.91. The van der Waals surface area contributed by atoms with Gasteiger partial charge in [-0.1, -0.05) is 23.7 Å². The van der Waals surface area contributed by atoms with Gasteiger partial charge in [-0.05, 0) is 12.1 Å². The molecule has 0 saturated heterocycles. The third-order valence-electron chi connectivity index (χ3n) is 2.23. The second kappa shape index (κ2) is 5.78. The predicted molar refractivity (Wildman–Crippen MR) is 75.7 cm³/mol. The van der Waals surface area contributed by atoms with Crippen molar-refractivity contribution in [1.82, 2.24) is 4.98 Å². The average Bonchev–Trinajstić information content (AvgIpc) is 2.75. The molecule has 0 radical (unpaired) electrons. The van der Waals surface area contributed by atoms with E-state index in [0.29, 0.717) is 4.88 Å². The lowest BCUT2D eigenvalue weighted by Crippen LogP contribution is -2.13. The van der Waals surface area contributed by atoms with Crippen LogP contribution >= 0.6 is 22.9 Å². The summed E-state index contributed by atoms with van der Waals surface area (Å²) in [6, 6.07) is 6.01. The smallest absolute Gasteiger partial charge is 0.308 e. The molecule has 1 aromatic heterocycles. The molecule has 9 heteroatoms. The van der Waals surface area contributed by atoms with Crippen LogP contribution in [0.3, 0.4) is 0 Å². The summed E-state index contributed by atoms with van der Waals surface area (Å²) in [5.74, 6) is -1.01. The molecule has 0 spiro atoms. The molecule has 1 aromatic carbocycles.